The maximum atomic E-state index is 3.64. The lowest BCUT2D eigenvalue weighted by Crippen LogP contribution is -2.35. The summed E-state index contributed by atoms with van der Waals surface area (Å²) in [5.41, 5.74) is 0.599. The van der Waals surface area contributed by atoms with Crippen LogP contribution in [0.5, 0.6) is 0 Å². The van der Waals surface area contributed by atoms with Crippen LogP contribution in [-0.4, -0.2) is 12.6 Å². The molecular weight excluding hydrogens is 170 g/mol. The summed E-state index contributed by atoms with van der Waals surface area (Å²) in [6.07, 6.45) is 11.0. The lowest BCUT2D eigenvalue weighted by molar-refractivity contribution is 0.207. The fraction of sp³-hybridized carbons (Fsp3) is 0.846. The molecule has 1 nitrogen and oxygen atoms in total. The van der Waals surface area contributed by atoms with E-state index < -0.39 is 0 Å². The Morgan fingerprint density at radius 3 is 2.50 bits per heavy atom. The molecule has 0 amide bonds. The largest absolute Gasteiger partial charge is 0.314 e. The zero-order valence-corrected chi connectivity index (χ0v) is 9.97. The molecule has 1 rings (SSSR count). The van der Waals surface area contributed by atoms with E-state index in [2.05, 4.69) is 38.2 Å². The highest BCUT2D eigenvalue weighted by molar-refractivity contribution is 4.83. The minimum absolute atomic E-state index is 0.599. The van der Waals surface area contributed by atoms with E-state index in [0.717, 1.165) is 12.6 Å². The smallest absolute Gasteiger partial charge is 0.00675 e. The van der Waals surface area contributed by atoms with Crippen molar-refractivity contribution < 1.29 is 0 Å². The molecule has 82 valence electrons. The number of hydrogen-bond acceptors (Lipinski definition) is 1. The third-order valence-corrected chi connectivity index (χ3v) is 3.32. The van der Waals surface area contributed by atoms with Crippen molar-refractivity contribution in [3.63, 3.8) is 0 Å². The van der Waals surface area contributed by atoms with Crippen LogP contribution in [0.15, 0.2) is 12.2 Å². The maximum Gasteiger partial charge on any atom is 0.00675 e. The first-order chi connectivity index (χ1) is 6.64. The fourth-order valence-corrected chi connectivity index (χ4v) is 2.14. The maximum absolute atomic E-state index is 3.64. The third kappa shape index (κ3) is 4.28. The fourth-order valence-electron chi connectivity index (χ4n) is 2.14. The molecule has 0 aromatic carbocycles. The van der Waals surface area contributed by atoms with Crippen molar-refractivity contribution in [2.75, 3.05) is 6.54 Å². The molecule has 0 aromatic heterocycles. The van der Waals surface area contributed by atoms with E-state index in [-0.39, 0.29) is 0 Å². The van der Waals surface area contributed by atoms with Crippen molar-refractivity contribution in [1.82, 2.24) is 5.32 Å². The average molecular weight is 195 g/mol. The zero-order valence-electron chi connectivity index (χ0n) is 9.97. The van der Waals surface area contributed by atoms with Crippen molar-refractivity contribution in [3.8, 4) is 0 Å². The van der Waals surface area contributed by atoms with Crippen LogP contribution in [0.3, 0.4) is 0 Å². The van der Waals surface area contributed by atoms with E-state index in [1.807, 2.05) is 0 Å². The van der Waals surface area contributed by atoms with Crippen molar-refractivity contribution in [1.29, 1.82) is 0 Å². The molecule has 1 saturated carbocycles. The highest BCUT2D eigenvalue weighted by Crippen LogP contribution is 2.34. The summed E-state index contributed by atoms with van der Waals surface area (Å²) in [6.45, 7) is 8.02. The second kappa shape index (κ2) is 5.55. The van der Waals surface area contributed by atoms with Crippen molar-refractivity contribution >= 4 is 0 Å². The van der Waals surface area contributed by atoms with Crippen LogP contribution in [0.1, 0.15) is 52.9 Å². The Morgan fingerprint density at radius 2 is 1.93 bits per heavy atom. The van der Waals surface area contributed by atoms with Gasteiger partial charge in [0, 0.05) is 6.04 Å². The molecule has 1 N–H and O–H groups in total. The van der Waals surface area contributed by atoms with Crippen LogP contribution in [-0.2, 0) is 0 Å². The van der Waals surface area contributed by atoms with Gasteiger partial charge in [-0.3, -0.25) is 0 Å². The second-order valence-electron chi connectivity index (χ2n) is 5.25. The Morgan fingerprint density at radius 1 is 1.29 bits per heavy atom. The molecule has 0 heterocycles. The van der Waals surface area contributed by atoms with Crippen molar-refractivity contribution in [2.45, 2.75) is 58.9 Å². The van der Waals surface area contributed by atoms with E-state index in [1.165, 1.54) is 32.1 Å². The van der Waals surface area contributed by atoms with E-state index in [1.54, 1.807) is 0 Å². The number of nitrogens with one attached hydrogen (secondary N) is 1. The van der Waals surface area contributed by atoms with E-state index in [0.29, 0.717) is 5.41 Å². The van der Waals surface area contributed by atoms with Crippen LogP contribution in [0, 0.1) is 5.41 Å². The first-order valence-corrected chi connectivity index (χ1v) is 5.98. The summed E-state index contributed by atoms with van der Waals surface area (Å²) in [7, 11) is 0. The highest BCUT2D eigenvalue weighted by Gasteiger charge is 2.25. The molecule has 0 spiro atoms. The van der Waals surface area contributed by atoms with Gasteiger partial charge in [0.2, 0.25) is 0 Å². The van der Waals surface area contributed by atoms with Crippen molar-refractivity contribution in [3.05, 3.63) is 12.2 Å². The molecular formula is C13H25N. The Bertz CT molecular complexity index is 172. The number of hydrogen-bond donors (Lipinski definition) is 1. The van der Waals surface area contributed by atoms with E-state index in [4.69, 9.17) is 0 Å². The molecule has 1 heteroatoms. The monoisotopic (exact) mass is 195 g/mol. The molecule has 0 bridgehead atoms. The predicted molar refractivity (Wildman–Crippen MR) is 63.5 cm³/mol. The van der Waals surface area contributed by atoms with Gasteiger partial charge in [0.15, 0.2) is 0 Å². The van der Waals surface area contributed by atoms with Gasteiger partial charge >= 0.3 is 0 Å². The van der Waals surface area contributed by atoms with Gasteiger partial charge in [-0.15, -0.1) is 0 Å². The molecule has 1 fully saturated rings. The Labute approximate surface area is 89.0 Å². The van der Waals surface area contributed by atoms with E-state index in [9.17, 15) is 0 Å². The number of rotatable bonds is 4. The van der Waals surface area contributed by atoms with Crippen LogP contribution < -0.4 is 5.32 Å². The summed E-state index contributed by atoms with van der Waals surface area (Å²) >= 11 is 0. The summed E-state index contributed by atoms with van der Waals surface area (Å²) in [5.74, 6) is 0. The molecule has 1 aliphatic carbocycles. The minimum Gasteiger partial charge on any atom is -0.314 e. The van der Waals surface area contributed by atoms with Crippen LogP contribution >= 0.6 is 0 Å². The normalized spacial score (nSPS) is 23.1. The highest BCUT2D eigenvalue weighted by atomic mass is 14.9. The number of allylic oxidation sites excluding steroid dienone is 1. The summed E-state index contributed by atoms with van der Waals surface area (Å²) in [4.78, 5) is 0. The second-order valence-corrected chi connectivity index (χ2v) is 5.25. The van der Waals surface area contributed by atoms with Gasteiger partial charge in [0.05, 0.1) is 0 Å². The van der Waals surface area contributed by atoms with Gasteiger partial charge in [-0.1, -0.05) is 26.0 Å². The third-order valence-electron chi connectivity index (χ3n) is 3.32. The summed E-state index contributed by atoms with van der Waals surface area (Å²) in [6, 6.07) is 0.785. The predicted octanol–water partition coefficient (Wildman–Crippen LogP) is 3.51. The van der Waals surface area contributed by atoms with Gasteiger partial charge in [-0.05, 0) is 51.0 Å². The van der Waals surface area contributed by atoms with E-state index >= 15 is 0 Å². The molecule has 0 aromatic rings. The molecule has 1 aliphatic rings. The van der Waals surface area contributed by atoms with Gasteiger partial charge in [-0.25, -0.2) is 0 Å². The standard InChI is InChI=1S/C13H25N/c1-4-5-6-11-14-12-7-9-13(2,3)10-8-12/h4-5,12,14H,6-11H2,1-3H3/b5-4+. The lowest BCUT2D eigenvalue weighted by Gasteiger charge is -2.34. The van der Waals surface area contributed by atoms with Gasteiger partial charge < -0.3 is 5.32 Å². The van der Waals surface area contributed by atoms with Gasteiger partial charge in [0.25, 0.3) is 0 Å². The van der Waals surface area contributed by atoms with Crippen LogP contribution in [0.25, 0.3) is 0 Å². The zero-order chi connectivity index (χ0) is 10.4. The molecule has 0 saturated heterocycles. The lowest BCUT2D eigenvalue weighted by atomic mass is 9.75. The summed E-state index contributed by atoms with van der Waals surface area (Å²) in [5, 5.41) is 3.64. The molecule has 0 radical (unpaired) electrons. The minimum atomic E-state index is 0.599. The first-order valence-electron chi connectivity index (χ1n) is 5.98. The topological polar surface area (TPSA) is 12.0 Å². The molecule has 0 atom stereocenters. The quantitative estimate of drug-likeness (QED) is 0.534. The van der Waals surface area contributed by atoms with Gasteiger partial charge in [0.1, 0.15) is 0 Å². The average Bonchev–Trinajstić information content (AvgIpc) is 2.15. The SMILES string of the molecule is C/C=C/CCNC1CCC(C)(C)CC1. The van der Waals surface area contributed by atoms with Crippen molar-refractivity contribution in [2.24, 2.45) is 5.41 Å². The molecule has 0 unspecified atom stereocenters. The van der Waals surface area contributed by atoms with Gasteiger partial charge in [-0.2, -0.15) is 0 Å². The molecule has 14 heavy (non-hydrogen) atoms. The van der Waals surface area contributed by atoms with Crippen LogP contribution in [0.2, 0.25) is 0 Å². The van der Waals surface area contributed by atoms with Crippen LogP contribution in [0.4, 0.5) is 0 Å². The summed E-state index contributed by atoms with van der Waals surface area (Å²) < 4.78 is 0. The Hall–Kier alpha value is -0.300. The first kappa shape index (κ1) is 11.8. The Kier molecular flexibility index (Phi) is 4.67. The molecule has 0 aliphatic heterocycles. The Balaban J connectivity index is 2.10.